The highest BCUT2D eigenvalue weighted by Crippen LogP contribution is 2.38. The topological polar surface area (TPSA) is 135 Å². The van der Waals surface area contributed by atoms with Crippen molar-refractivity contribution in [2.75, 3.05) is 5.75 Å². The molecule has 2 aromatic carbocycles. The number of rotatable bonds is 9. The second-order valence-electron chi connectivity index (χ2n) is 8.92. The van der Waals surface area contributed by atoms with Crippen LogP contribution in [0.1, 0.15) is 54.1 Å². The molecule has 2 atom stereocenters. The van der Waals surface area contributed by atoms with Gasteiger partial charge in [0.2, 0.25) is 23.0 Å². The monoisotopic (exact) mass is 546 g/mol. The highest BCUT2D eigenvalue weighted by Gasteiger charge is 2.38. The maximum atomic E-state index is 13.8. The van der Waals surface area contributed by atoms with E-state index in [2.05, 4.69) is 19.9 Å². The number of nitrogens with one attached hydrogen (secondary N) is 1. The summed E-state index contributed by atoms with van der Waals surface area (Å²) in [5.41, 5.74) is 2.78. The van der Waals surface area contributed by atoms with Crippen LogP contribution in [0.3, 0.4) is 0 Å². The molecule has 2 aromatic heterocycles. The van der Waals surface area contributed by atoms with Crippen molar-refractivity contribution < 1.29 is 21.6 Å². The summed E-state index contributed by atoms with van der Waals surface area (Å²) in [6.45, 7) is -0.161. The number of hydrogen-bond donors (Lipinski definition) is 2. The summed E-state index contributed by atoms with van der Waals surface area (Å²) in [5, 5.41) is 7.08. The third-order valence-electron chi connectivity index (χ3n) is 6.34. The summed E-state index contributed by atoms with van der Waals surface area (Å²) in [4.78, 5) is 4.67. The number of nitrogens with zero attached hydrogens (tertiary/aromatic N) is 3. The van der Waals surface area contributed by atoms with Crippen LogP contribution in [0.2, 0.25) is 0 Å². The minimum atomic E-state index is -3.73. The van der Waals surface area contributed by atoms with Crippen LogP contribution in [0.15, 0.2) is 52.9 Å². The minimum Gasteiger partial charge on any atom is -0.422 e. The first kappa shape index (κ1) is 25.2. The Labute approximate surface area is 215 Å². The first-order valence-corrected chi connectivity index (χ1v) is 15.4. The molecule has 2 heterocycles. The zero-order valence-electron chi connectivity index (χ0n) is 19.4. The van der Waals surface area contributed by atoms with Crippen molar-refractivity contribution in [1.82, 2.24) is 19.9 Å². The molecular weight excluding hydrogens is 520 g/mol. The van der Waals surface area contributed by atoms with E-state index in [0.717, 1.165) is 47.9 Å². The fraction of sp³-hybridized carbons (Fsp3) is 0.375. The van der Waals surface area contributed by atoms with E-state index in [-0.39, 0.29) is 30.0 Å². The Hall–Kier alpha value is -2.51. The van der Waals surface area contributed by atoms with Gasteiger partial charge in [-0.05, 0) is 42.0 Å². The first-order chi connectivity index (χ1) is 17.4. The predicted octanol–water partition coefficient (Wildman–Crippen LogP) is 4.66. The van der Waals surface area contributed by atoms with Crippen LogP contribution < -0.4 is 4.72 Å². The molecule has 1 fully saturated rings. The molecule has 36 heavy (non-hydrogen) atoms. The van der Waals surface area contributed by atoms with Crippen LogP contribution in [0.5, 0.6) is 0 Å². The molecule has 2 unspecified atom stereocenters. The zero-order valence-corrected chi connectivity index (χ0v) is 21.8. The van der Waals surface area contributed by atoms with Gasteiger partial charge in [0.25, 0.3) is 0 Å². The van der Waals surface area contributed by atoms with Gasteiger partial charge in [0, 0.05) is 0 Å². The lowest BCUT2D eigenvalue weighted by molar-refractivity contribution is 0.383. The van der Waals surface area contributed by atoms with Crippen molar-refractivity contribution >= 4 is 42.7 Å². The normalized spacial score (nSPS) is 16.8. The Balaban J connectivity index is 1.52. The lowest BCUT2D eigenvalue weighted by atomic mass is 9.91. The summed E-state index contributed by atoms with van der Waals surface area (Å²) in [6.07, 6.45) is 4.96. The van der Waals surface area contributed by atoms with Crippen LogP contribution in [0, 0.1) is 5.92 Å². The Bertz CT molecular complexity index is 1460. The van der Waals surface area contributed by atoms with Gasteiger partial charge >= 0.3 is 0 Å². The lowest BCUT2D eigenvalue weighted by Gasteiger charge is -2.22. The SMILES string of the molecule is O=S(O)NCc1nnc(C(c2nc3ccc(-c4ccccc4)cc3s2)S(=O)(=O)CC2CCCCC2)o1. The number of thiazole rings is 1. The summed E-state index contributed by atoms with van der Waals surface area (Å²) in [6, 6.07) is 15.8. The smallest absolute Gasteiger partial charge is 0.241 e. The summed E-state index contributed by atoms with van der Waals surface area (Å²) in [5.74, 6) is 0.0667. The molecule has 1 aliphatic carbocycles. The molecule has 0 radical (unpaired) electrons. The van der Waals surface area contributed by atoms with Crippen molar-refractivity contribution in [2.45, 2.75) is 43.9 Å². The molecule has 2 N–H and O–H groups in total. The van der Waals surface area contributed by atoms with Crippen LogP contribution in [0.25, 0.3) is 21.3 Å². The van der Waals surface area contributed by atoms with Crippen LogP contribution in [-0.2, 0) is 27.6 Å². The lowest BCUT2D eigenvalue weighted by Crippen LogP contribution is -2.24. The third kappa shape index (κ3) is 5.73. The van der Waals surface area contributed by atoms with Crippen molar-refractivity contribution in [3.8, 4) is 11.1 Å². The summed E-state index contributed by atoms with van der Waals surface area (Å²) in [7, 11) is -3.73. The van der Waals surface area contributed by atoms with Gasteiger partial charge in [-0.15, -0.1) is 21.5 Å². The Morgan fingerprint density at radius 2 is 1.86 bits per heavy atom. The molecule has 0 saturated heterocycles. The minimum absolute atomic E-state index is 0.0257. The number of fused-ring (bicyclic) bond motifs is 1. The van der Waals surface area contributed by atoms with Gasteiger partial charge in [0.1, 0.15) is 5.01 Å². The number of hydrogen-bond acceptors (Lipinski definition) is 8. The van der Waals surface area contributed by atoms with Crippen LogP contribution >= 0.6 is 11.3 Å². The van der Waals surface area contributed by atoms with Crippen molar-refractivity contribution in [3.63, 3.8) is 0 Å². The van der Waals surface area contributed by atoms with E-state index in [1.807, 2.05) is 48.5 Å². The molecule has 0 amide bonds. The van der Waals surface area contributed by atoms with Crippen molar-refractivity contribution in [2.24, 2.45) is 5.92 Å². The van der Waals surface area contributed by atoms with E-state index in [0.29, 0.717) is 10.5 Å². The number of aromatic nitrogens is 3. The van der Waals surface area contributed by atoms with Gasteiger partial charge in [-0.1, -0.05) is 55.7 Å². The standard InChI is InChI=1S/C24H26N4O5S3/c29-35(30)25-14-21-27-28-23(33-21)22(36(31,32)15-16-7-3-1-4-8-16)24-26-19-12-11-18(13-20(19)34-24)17-9-5-2-6-10-17/h2,5-6,9-13,16,22,25H,1,3-4,7-8,14-15H2,(H,29,30). The molecule has 4 aromatic rings. The van der Waals surface area contributed by atoms with E-state index in [4.69, 9.17) is 8.97 Å². The van der Waals surface area contributed by atoms with E-state index in [1.165, 1.54) is 11.3 Å². The second kappa shape index (κ2) is 10.9. The van der Waals surface area contributed by atoms with E-state index >= 15 is 0 Å². The summed E-state index contributed by atoms with van der Waals surface area (Å²) >= 11 is -0.958. The Kier molecular flexibility index (Phi) is 7.58. The molecule has 0 aliphatic heterocycles. The molecular formula is C24H26N4O5S3. The van der Waals surface area contributed by atoms with Gasteiger partial charge in [-0.2, -0.15) is 0 Å². The van der Waals surface area contributed by atoms with Gasteiger partial charge < -0.3 is 4.42 Å². The Morgan fingerprint density at radius 1 is 1.08 bits per heavy atom. The maximum absolute atomic E-state index is 13.8. The van der Waals surface area contributed by atoms with Gasteiger partial charge in [0.05, 0.1) is 22.5 Å². The van der Waals surface area contributed by atoms with Gasteiger partial charge in [0.15, 0.2) is 15.1 Å². The van der Waals surface area contributed by atoms with Crippen molar-refractivity contribution in [1.29, 1.82) is 0 Å². The van der Waals surface area contributed by atoms with Gasteiger partial charge in [-0.25, -0.2) is 22.3 Å². The van der Waals surface area contributed by atoms with Gasteiger partial charge in [-0.3, -0.25) is 4.55 Å². The molecule has 190 valence electrons. The zero-order chi connectivity index (χ0) is 25.1. The molecule has 9 nitrogen and oxygen atoms in total. The van der Waals surface area contributed by atoms with E-state index < -0.39 is 26.4 Å². The van der Waals surface area contributed by atoms with E-state index in [1.54, 1.807) is 0 Å². The molecule has 5 rings (SSSR count). The van der Waals surface area contributed by atoms with Crippen LogP contribution in [0.4, 0.5) is 0 Å². The average Bonchev–Trinajstić information content (AvgIpc) is 3.50. The number of sulfone groups is 1. The molecule has 12 heteroatoms. The first-order valence-electron chi connectivity index (χ1n) is 11.7. The maximum Gasteiger partial charge on any atom is 0.241 e. The van der Waals surface area contributed by atoms with Crippen molar-refractivity contribution in [3.05, 3.63) is 65.3 Å². The molecule has 0 spiro atoms. The number of benzene rings is 2. The van der Waals surface area contributed by atoms with Crippen LogP contribution in [-0.4, -0.2) is 38.1 Å². The third-order valence-corrected chi connectivity index (χ3v) is 10.0. The summed E-state index contributed by atoms with van der Waals surface area (Å²) < 4.78 is 56.3. The molecule has 0 bridgehead atoms. The fourth-order valence-corrected chi connectivity index (χ4v) is 8.38. The molecule has 1 aliphatic rings. The Morgan fingerprint density at radius 3 is 2.61 bits per heavy atom. The highest BCUT2D eigenvalue weighted by atomic mass is 32.2. The second-order valence-corrected chi connectivity index (χ2v) is 12.9. The average molecular weight is 547 g/mol. The quantitative estimate of drug-likeness (QED) is 0.290. The fourth-order valence-electron chi connectivity index (χ4n) is 4.62. The van der Waals surface area contributed by atoms with E-state index in [9.17, 15) is 12.6 Å². The highest BCUT2D eigenvalue weighted by molar-refractivity contribution is 7.92. The largest absolute Gasteiger partial charge is 0.422 e. The molecule has 1 saturated carbocycles. The predicted molar refractivity (Wildman–Crippen MR) is 139 cm³/mol.